The van der Waals surface area contributed by atoms with Crippen LogP contribution >= 0.6 is 11.3 Å². The highest BCUT2D eigenvalue weighted by molar-refractivity contribution is 7.07. The van der Waals surface area contributed by atoms with Crippen LogP contribution in [0.5, 0.6) is 0 Å². The van der Waals surface area contributed by atoms with Crippen molar-refractivity contribution in [3.05, 3.63) is 20.7 Å². The molecule has 0 amide bonds. The van der Waals surface area contributed by atoms with Gasteiger partial charge in [0.15, 0.2) is 0 Å². The highest BCUT2D eigenvalue weighted by atomic mass is 32.1. The Balaban J connectivity index is 2.50. The van der Waals surface area contributed by atoms with Gasteiger partial charge in [-0.3, -0.25) is 9.36 Å². The molecule has 14 heavy (non-hydrogen) atoms. The molecule has 0 aliphatic heterocycles. The third-order valence-electron chi connectivity index (χ3n) is 3.25. The van der Waals surface area contributed by atoms with Crippen molar-refractivity contribution in [3.63, 3.8) is 0 Å². The van der Waals surface area contributed by atoms with E-state index in [1.54, 1.807) is 0 Å². The van der Waals surface area contributed by atoms with Gasteiger partial charge in [-0.1, -0.05) is 24.2 Å². The third kappa shape index (κ3) is 1.33. The molecule has 0 radical (unpaired) electrons. The fraction of sp³-hybridized carbons (Fsp3) is 0.700. The summed E-state index contributed by atoms with van der Waals surface area (Å²) in [5.41, 5.74) is 6.84. The van der Waals surface area contributed by atoms with Crippen LogP contribution in [0.3, 0.4) is 0 Å². The van der Waals surface area contributed by atoms with Crippen LogP contribution in [0.1, 0.15) is 31.4 Å². The molecule has 3 nitrogen and oxygen atoms in total. The number of rotatable bonds is 2. The zero-order chi connectivity index (χ0) is 10.2. The average molecular weight is 212 g/mol. The third-order valence-corrected chi connectivity index (χ3v) is 4.10. The molecule has 1 saturated carbocycles. The summed E-state index contributed by atoms with van der Waals surface area (Å²) in [6, 6.07) is 0. The van der Waals surface area contributed by atoms with Gasteiger partial charge in [-0.25, -0.2) is 0 Å². The van der Waals surface area contributed by atoms with E-state index in [0.29, 0.717) is 6.54 Å². The fourth-order valence-corrected chi connectivity index (χ4v) is 3.32. The first-order chi connectivity index (χ1) is 6.69. The van der Waals surface area contributed by atoms with Crippen molar-refractivity contribution in [3.8, 4) is 0 Å². The number of hydrogen-bond acceptors (Lipinski definition) is 3. The fourth-order valence-electron chi connectivity index (χ4n) is 2.50. The van der Waals surface area contributed by atoms with Gasteiger partial charge in [0, 0.05) is 17.6 Å². The van der Waals surface area contributed by atoms with E-state index in [-0.39, 0.29) is 10.4 Å². The highest BCUT2D eigenvalue weighted by Crippen LogP contribution is 2.35. The van der Waals surface area contributed by atoms with Gasteiger partial charge in [0.25, 0.3) is 0 Å². The minimum absolute atomic E-state index is 0.0683. The topological polar surface area (TPSA) is 48.0 Å². The van der Waals surface area contributed by atoms with Crippen molar-refractivity contribution in [2.75, 3.05) is 6.54 Å². The van der Waals surface area contributed by atoms with Gasteiger partial charge in [0.1, 0.15) is 0 Å². The van der Waals surface area contributed by atoms with E-state index in [9.17, 15) is 4.79 Å². The molecule has 0 bridgehead atoms. The van der Waals surface area contributed by atoms with Crippen LogP contribution < -0.4 is 10.6 Å². The van der Waals surface area contributed by atoms with Crippen LogP contribution in [0.25, 0.3) is 0 Å². The smallest absolute Gasteiger partial charge is 0.307 e. The van der Waals surface area contributed by atoms with Gasteiger partial charge in [0.05, 0.1) is 5.54 Å². The number of aromatic nitrogens is 1. The Morgan fingerprint density at radius 2 is 2.21 bits per heavy atom. The summed E-state index contributed by atoms with van der Waals surface area (Å²) in [6.45, 7) is 2.58. The maximum absolute atomic E-state index is 11.7. The van der Waals surface area contributed by atoms with Gasteiger partial charge in [-0.05, 0) is 19.8 Å². The zero-order valence-corrected chi connectivity index (χ0v) is 9.27. The lowest BCUT2D eigenvalue weighted by atomic mass is 9.97. The van der Waals surface area contributed by atoms with Gasteiger partial charge < -0.3 is 5.73 Å². The second-order valence-corrected chi connectivity index (χ2v) is 4.93. The Morgan fingerprint density at radius 1 is 1.57 bits per heavy atom. The average Bonchev–Trinajstić information content (AvgIpc) is 2.75. The molecule has 1 heterocycles. The molecule has 1 fully saturated rings. The van der Waals surface area contributed by atoms with Crippen molar-refractivity contribution >= 4 is 11.3 Å². The second kappa shape index (κ2) is 3.51. The van der Waals surface area contributed by atoms with E-state index < -0.39 is 0 Å². The van der Waals surface area contributed by atoms with Crippen molar-refractivity contribution < 1.29 is 0 Å². The molecule has 4 heteroatoms. The van der Waals surface area contributed by atoms with Crippen LogP contribution in [-0.4, -0.2) is 11.1 Å². The predicted molar refractivity (Wildman–Crippen MR) is 58.8 cm³/mol. The zero-order valence-electron chi connectivity index (χ0n) is 8.45. The summed E-state index contributed by atoms with van der Waals surface area (Å²) in [6.07, 6.45) is 4.50. The van der Waals surface area contributed by atoms with E-state index in [0.717, 1.165) is 18.5 Å². The molecule has 2 N–H and O–H groups in total. The second-order valence-electron chi connectivity index (χ2n) is 4.11. The maximum Gasteiger partial charge on any atom is 0.307 e. The van der Waals surface area contributed by atoms with Gasteiger partial charge in [-0.2, -0.15) is 0 Å². The molecule has 0 saturated heterocycles. The van der Waals surface area contributed by atoms with Gasteiger partial charge in [-0.15, -0.1) is 0 Å². The van der Waals surface area contributed by atoms with Crippen molar-refractivity contribution in [2.45, 2.75) is 38.1 Å². The molecule has 0 unspecified atom stereocenters. The van der Waals surface area contributed by atoms with Crippen LogP contribution in [0.15, 0.2) is 10.2 Å². The summed E-state index contributed by atoms with van der Waals surface area (Å²) in [7, 11) is 0. The standard InChI is InChI=1S/C10H16N2OS/c1-8-6-14-9(13)12(8)10(7-11)4-2-3-5-10/h6H,2-5,7,11H2,1H3. The Hall–Kier alpha value is -0.610. The largest absolute Gasteiger partial charge is 0.328 e. The SMILES string of the molecule is Cc1csc(=O)n1C1(CN)CCCC1. The lowest BCUT2D eigenvalue weighted by Crippen LogP contribution is -2.43. The maximum atomic E-state index is 11.7. The Labute approximate surface area is 87.6 Å². The number of nitrogens with zero attached hydrogens (tertiary/aromatic N) is 1. The molecular formula is C10H16N2OS. The molecule has 0 atom stereocenters. The van der Waals surface area contributed by atoms with E-state index in [4.69, 9.17) is 5.73 Å². The summed E-state index contributed by atoms with van der Waals surface area (Å²) in [5.74, 6) is 0. The van der Waals surface area contributed by atoms with E-state index >= 15 is 0 Å². The lowest BCUT2D eigenvalue weighted by molar-refractivity contribution is 0.294. The first kappa shape index (κ1) is 9.93. The van der Waals surface area contributed by atoms with Crippen molar-refractivity contribution in [1.29, 1.82) is 0 Å². The number of hydrogen-bond donors (Lipinski definition) is 1. The highest BCUT2D eigenvalue weighted by Gasteiger charge is 2.36. The molecule has 0 spiro atoms. The lowest BCUT2D eigenvalue weighted by Gasteiger charge is -2.29. The normalized spacial score (nSPS) is 20.1. The van der Waals surface area contributed by atoms with Crippen LogP contribution in [0.4, 0.5) is 0 Å². The summed E-state index contributed by atoms with van der Waals surface area (Å²) >= 11 is 1.28. The first-order valence-electron chi connectivity index (χ1n) is 5.07. The molecule has 1 aromatic rings. The molecule has 1 aliphatic rings. The Kier molecular flexibility index (Phi) is 2.49. The van der Waals surface area contributed by atoms with Crippen molar-refractivity contribution in [1.82, 2.24) is 4.57 Å². The molecule has 78 valence electrons. The van der Waals surface area contributed by atoms with E-state index in [2.05, 4.69) is 0 Å². The minimum Gasteiger partial charge on any atom is -0.328 e. The first-order valence-corrected chi connectivity index (χ1v) is 5.95. The monoisotopic (exact) mass is 212 g/mol. The molecule has 1 aliphatic carbocycles. The molecule has 1 aromatic heterocycles. The van der Waals surface area contributed by atoms with Crippen LogP contribution in [0.2, 0.25) is 0 Å². The quantitative estimate of drug-likeness (QED) is 0.806. The van der Waals surface area contributed by atoms with Gasteiger partial charge >= 0.3 is 4.87 Å². The predicted octanol–water partition coefficient (Wildman–Crippen LogP) is 1.45. The summed E-state index contributed by atoms with van der Waals surface area (Å²) < 4.78 is 1.92. The Bertz CT molecular complexity index is 374. The van der Waals surface area contributed by atoms with E-state index in [1.165, 1.54) is 24.2 Å². The molecule has 0 aromatic carbocycles. The van der Waals surface area contributed by atoms with Gasteiger partial charge in [0.2, 0.25) is 0 Å². The summed E-state index contributed by atoms with van der Waals surface area (Å²) in [4.78, 5) is 11.9. The summed E-state index contributed by atoms with van der Waals surface area (Å²) in [5, 5.41) is 1.93. The van der Waals surface area contributed by atoms with E-state index in [1.807, 2.05) is 16.9 Å². The van der Waals surface area contributed by atoms with Crippen molar-refractivity contribution in [2.24, 2.45) is 5.73 Å². The molecular weight excluding hydrogens is 196 g/mol. The molecule has 2 rings (SSSR count). The van der Waals surface area contributed by atoms with Crippen LogP contribution in [-0.2, 0) is 5.54 Å². The Morgan fingerprint density at radius 3 is 2.64 bits per heavy atom. The number of thiazole rings is 1. The van der Waals surface area contributed by atoms with Crippen LogP contribution in [0, 0.1) is 6.92 Å². The number of aryl methyl sites for hydroxylation is 1. The number of nitrogens with two attached hydrogens (primary N) is 1. The minimum atomic E-state index is -0.0683.